The number of aryl methyl sites for hydroxylation is 1. The molecule has 0 unspecified atom stereocenters. The van der Waals surface area contributed by atoms with Crippen molar-refractivity contribution >= 4 is 11.6 Å². The summed E-state index contributed by atoms with van der Waals surface area (Å²) in [5.41, 5.74) is 1.55. The van der Waals surface area contributed by atoms with E-state index in [1.165, 1.54) is 29.3 Å². The van der Waals surface area contributed by atoms with Gasteiger partial charge in [-0.15, -0.1) is 0 Å². The second kappa shape index (κ2) is 4.88. The first kappa shape index (κ1) is 12.5. The first-order valence-electron chi connectivity index (χ1n) is 6.18. The Morgan fingerprint density at radius 2 is 2.20 bits per heavy atom. The summed E-state index contributed by atoms with van der Waals surface area (Å²) in [5, 5.41) is 0. The third-order valence-electron chi connectivity index (χ3n) is 3.03. The molecule has 0 radical (unpaired) electrons. The highest BCUT2D eigenvalue weighted by Crippen LogP contribution is 2.32. The lowest BCUT2D eigenvalue weighted by atomic mass is 10.2. The molecule has 6 heteroatoms. The van der Waals surface area contributed by atoms with E-state index in [0.717, 1.165) is 5.69 Å². The molecular formula is C14H12FN3O2. The van der Waals surface area contributed by atoms with Crippen LogP contribution in [0.1, 0.15) is 16.2 Å². The molecule has 0 bridgehead atoms. The number of carbonyl (C=O) groups is 1. The van der Waals surface area contributed by atoms with Gasteiger partial charge in [0.25, 0.3) is 5.91 Å². The zero-order chi connectivity index (χ0) is 14.1. The van der Waals surface area contributed by atoms with Gasteiger partial charge in [-0.3, -0.25) is 9.78 Å². The fraction of sp³-hybridized carbons (Fsp3) is 0.214. The molecule has 0 spiro atoms. The van der Waals surface area contributed by atoms with Gasteiger partial charge in [0.05, 0.1) is 24.1 Å². The predicted molar refractivity (Wildman–Crippen MR) is 70.3 cm³/mol. The van der Waals surface area contributed by atoms with Gasteiger partial charge in [-0.05, 0) is 19.1 Å². The number of carbonyl (C=O) groups excluding carboxylic acids is 1. The molecule has 1 aromatic carbocycles. The Balaban J connectivity index is 1.96. The van der Waals surface area contributed by atoms with Crippen LogP contribution in [0.3, 0.4) is 0 Å². The minimum absolute atomic E-state index is 0.257. The van der Waals surface area contributed by atoms with Crippen molar-refractivity contribution in [2.45, 2.75) is 6.92 Å². The average molecular weight is 273 g/mol. The van der Waals surface area contributed by atoms with Gasteiger partial charge in [0.15, 0.2) is 0 Å². The van der Waals surface area contributed by atoms with Crippen LogP contribution >= 0.6 is 0 Å². The van der Waals surface area contributed by atoms with Crippen molar-refractivity contribution in [2.24, 2.45) is 0 Å². The Labute approximate surface area is 115 Å². The molecule has 2 aromatic rings. The highest BCUT2D eigenvalue weighted by Gasteiger charge is 2.25. The number of aromatic nitrogens is 2. The van der Waals surface area contributed by atoms with E-state index < -0.39 is 5.82 Å². The zero-order valence-corrected chi connectivity index (χ0v) is 10.8. The smallest absolute Gasteiger partial charge is 0.278 e. The van der Waals surface area contributed by atoms with Gasteiger partial charge in [0.1, 0.15) is 23.9 Å². The SMILES string of the molecule is Cc1cnc(C(=O)N2CCOc3cc(F)ccc32)cn1. The summed E-state index contributed by atoms with van der Waals surface area (Å²) in [4.78, 5) is 22.1. The van der Waals surface area contributed by atoms with Gasteiger partial charge in [-0.1, -0.05) is 0 Å². The van der Waals surface area contributed by atoms with Crippen LogP contribution in [-0.2, 0) is 0 Å². The molecule has 1 amide bonds. The summed E-state index contributed by atoms with van der Waals surface area (Å²) in [5.74, 6) is -0.300. The maximum atomic E-state index is 13.2. The van der Waals surface area contributed by atoms with E-state index in [-0.39, 0.29) is 11.6 Å². The van der Waals surface area contributed by atoms with E-state index in [9.17, 15) is 9.18 Å². The van der Waals surface area contributed by atoms with Crippen LogP contribution < -0.4 is 9.64 Å². The number of anilines is 1. The summed E-state index contributed by atoms with van der Waals surface area (Å²) < 4.78 is 18.6. The normalized spacial score (nSPS) is 13.6. The van der Waals surface area contributed by atoms with Gasteiger partial charge in [-0.2, -0.15) is 0 Å². The summed E-state index contributed by atoms with van der Waals surface area (Å²) in [6.07, 6.45) is 2.98. The van der Waals surface area contributed by atoms with Crippen molar-refractivity contribution < 1.29 is 13.9 Å². The van der Waals surface area contributed by atoms with Crippen molar-refractivity contribution in [1.29, 1.82) is 0 Å². The first-order chi connectivity index (χ1) is 9.65. The molecule has 0 saturated carbocycles. The van der Waals surface area contributed by atoms with E-state index in [1.807, 2.05) is 0 Å². The number of hydrogen-bond acceptors (Lipinski definition) is 4. The van der Waals surface area contributed by atoms with Gasteiger partial charge in [0.2, 0.25) is 0 Å². The summed E-state index contributed by atoms with van der Waals surface area (Å²) in [7, 11) is 0. The van der Waals surface area contributed by atoms with Crippen molar-refractivity contribution in [2.75, 3.05) is 18.1 Å². The van der Waals surface area contributed by atoms with Crippen LogP contribution in [0.2, 0.25) is 0 Å². The van der Waals surface area contributed by atoms with E-state index in [2.05, 4.69) is 9.97 Å². The Kier molecular flexibility index (Phi) is 3.06. The average Bonchev–Trinajstić information content (AvgIpc) is 2.46. The largest absolute Gasteiger partial charge is 0.489 e. The molecule has 0 N–H and O–H groups in total. The Bertz CT molecular complexity index is 658. The molecule has 1 aromatic heterocycles. The van der Waals surface area contributed by atoms with Gasteiger partial charge in [-0.25, -0.2) is 9.37 Å². The molecule has 5 nitrogen and oxygen atoms in total. The summed E-state index contributed by atoms with van der Waals surface area (Å²) in [6.45, 7) is 2.52. The van der Waals surface area contributed by atoms with Crippen molar-refractivity contribution in [1.82, 2.24) is 9.97 Å². The molecule has 2 heterocycles. The van der Waals surface area contributed by atoms with Crippen molar-refractivity contribution in [3.8, 4) is 5.75 Å². The summed E-state index contributed by atoms with van der Waals surface area (Å²) >= 11 is 0. The molecule has 1 aliphatic rings. The molecule has 0 atom stereocenters. The zero-order valence-electron chi connectivity index (χ0n) is 10.8. The lowest BCUT2D eigenvalue weighted by Crippen LogP contribution is -2.38. The number of fused-ring (bicyclic) bond motifs is 1. The van der Waals surface area contributed by atoms with Crippen LogP contribution in [0.4, 0.5) is 10.1 Å². The lowest BCUT2D eigenvalue weighted by molar-refractivity contribution is 0.0971. The number of hydrogen-bond donors (Lipinski definition) is 0. The molecule has 0 aliphatic carbocycles. The lowest BCUT2D eigenvalue weighted by Gasteiger charge is -2.29. The number of rotatable bonds is 1. The minimum Gasteiger partial charge on any atom is -0.489 e. The topological polar surface area (TPSA) is 55.3 Å². The van der Waals surface area contributed by atoms with Crippen LogP contribution in [0.5, 0.6) is 5.75 Å². The number of amides is 1. The third kappa shape index (κ3) is 2.20. The maximum Gasteiger partial charge on any atom is 0.278 e. The number of benzene rings is 1. The Morgan fingerprint density at radius 1 is 1.35 bits per heavy atom. The maximum absolute atomic E-state index is 13.2. The number of halogens is 1. The Hall–Kier alpha value is -2.50. The monoisotopic (exact) mass is 273 g/mol. The van der Waals surface area contributed by atoms with Crippen molar-refractivity contribution in [3.63, 3.8) is 0 Å². The highest BCUT2D eigenvalue weighted by atomic mass is 19.1. The second-order valence-corrected chi connectivity index (χ2v) is 4.46. The molecule has 102 valence electrons. The Morgan fingerprint density at radius 3 is 2.95 bits per heavy atom. The molecule has 3 rings (SSSR count). The fourth-order valence-corrected chi connectivity index (χ4v) is 2.05. The second-order valence-electron chi connectivity index (χ2n) is 4.46. The van der Waals surface area contributed by atoms with Gasteiger partial charge >= 0.3 is 0 Å². The van der Waals surface area contributed by atoms with Gasteiger partial charge < -0.3 is 9.64 Å². The summed E-state index contributed by atoms with van der Waals surface area (Å²) in [6, 6.07) is 4.10. The van der Waals surface area contributed by atoms with E-state index in [0.29, 0.717) is 24.6 Å². The van der Waals surface area contributed by atoms with Crippen LogP contribution in [-0.4, -0.2) is 29.0 Å². The highest BCUT2D eigenvalue weighted by molar-refractivity contribution is 6.05. The predicted octanol–water partition coefficient (Wildman–Crippen LogP) is 1.96. The fourth-order valence-electron chi connectivity index (χ4n) is 2.05. The molecule has 1 aliphatic heterocycles. The van der Waals surface area contributed by atoms with E-state index in [1.54, 1.807) is 13.1 Å². The van der Waals surface area contributed by atoms with Crippen LogP contribution in [0, 0.1) is 12.7 Å². The van der Waals surface area contributed by atoms with Crippen molar-refractivity contribution in [3.05, 3.63) is 47.8 Å². The quantitative estimate of drug-likeness (QED) is 0.797. The minimum atomic E-state index is -0.395. The van der Waals surface area contributed by atoms with E-state index in [4.69, 9.17) is 4.74 Å². The molecular weight excluding hydrogens is 261 g/mol. The number of ether oxygens (including phenoxy) is 1. The van der Waals surface area contributed by atoms with Crippen LogP contribution in [0.15, 0.2) is 30.6 Å². The molecule has 0 fully saturated rings. The van der Waals surface area contributed by atoms with E-state index >= 15 is 0 Å². The molecule has 20 heavy (non-hydrogen) atoms. The van der Waals surface area contributed by atoms with Gasteiger partial charge in [0, 0.05) is 12.3 Å². The molecule has 0 saturated heterocycles. The van der Waals surface area contributed by atoms with Crippen LogP contribution in [0.25, 0.3) is 0 Å². The third-order valence-corrected chi connectivity index (χ3v) is 3.03. The standard InChI is InChI=1S/C14H12FN3O2/c1-9-7-17-11(8-16-9)14(19)18-4-5-20-13-6-10(15)2-3-12(13)18/h2-3,6-8H,4-5H2,1H3. The first-order valence-corrected chi connectivity index (χ1v) is 6.18. The number of nitrogens with zero attached hydrogens (tertiary/aromatic N) is 3.